The van der Waals surface area contributed by atoms with Crippen LogP contribution in [0.15, 0.2) is 71.7 Å². The Morgan fingerprint density at radius 1 is 1.11 bits per heavy atom. The SMILES string of the molecule is C(=Cc1ccccc1)Cn1cc(-c2nc(-c3ccc4nc[nH]c4c3)no2)nn1. The summed E-state index contributed by atoms with van der Waals surface area (Å²) >= 11 is 0. The molecule has 0 aliphatic rings. The zero-order valence-corrected chi connectivity index (χ0v) is 14.7. The van der Waals surface area contributed by atoms with Crippen molar-refractivity contribution in [1.29, 1.82) is 0 Å². The van der Waals surface area contributed by atoms with Crippen molar-refractivity contribution >= 4 is 17.1 Å². The van der Waals surface area contributed by atoms with Crippen LogP contribution in [0.5, 0.6) is 0 Å². The Bertz CT molecular complexity index is 1250. The minimum absolute atomic E-state index is 0.331. The molecular formula is C20H15N7O. The fourth-order valence-electron chi connectivity index (χ4n) is 2.87. The van der Waals surface area contributed by atoms with E-state index >= 15 is 0 Å². The molecule has 0 spiro atoms. The standard InChI is InChI=1S/C20H15N7O/c1-2-5-14(6-3-1)7-4-10-27-12-18(24-26-27)20-23-19(25-28-20)15-8-9-16-17(11-15)22-13-21-16/h1-9,11-13H,10H2,(H,21,22). The Morgan fingerprint density at radius 2 is 2.04 bits per heavy atom. The first-order valence-electron chi connectivity index (χ1n) is 8.74. The van der Waals surface area contributed by atoms with Crippen molar-refractivity contribution in [2.45, 2.75) is 6.54 Å². The third kappa shape index (κ3) is 3.18. The van der Waals surface area contributed by atoms with Crippen molar-refractivity contribution in [2.24, 2.45) is 0 Å². The quantitative estimate of drug-likeness (QED) is 0.508. The lowest BCUT2D eigenvalue weighted by atomic mass is 10.2. The van der Waals surface area contributed by atoms with Crippen molar-refractivity contribution < 1.29 is 4.52 Å². The Balaban J connectivity index is 1.32. The minimum Gasteiger partial charge on any atom is -0.345 e. The number of allylic oxidation sites excluding steroid dienone is 1. The van der Waals surface area contributed by atoms with Crippen LogP contribution in [0.3, 0.4) is 0 Å². The summed E-state index contributed by atoms with van der Waals surface area (Å²) in [5.41, 5.74) is 4.32. The molecule has 28 heavy (non-hydrogen) atoms. The summed E-state index contributed by atoms with van der Waals surface area (Å²) in [7, 11) is 0. The fraction of sp³-hybridized carbons (Fsp3) is 0.0500. The molecule has 0 aliphatic carbocycles. The molecule has 0 atom stereocenters. The molecule has 0 bridgehead atoms. The Morgan fingerprint density at radius 3 is 2.96 bits per heavy atom. The summed E-state index contributed by atoms with van der Waals surface area (Å²) in [4.78, 5) is 11.7. The molecule has 5 aromatic rings. The third-order valence-corrected chi connectivity index (χ3v) is 4.26. The van der Waals surface area contributed by atoms with Crippen molar-refractivity contribution in [2.75, 3.05) is 0 Å². The second-order valence-electron chi connectivity index (χ2n) is 6.20. The highest BCUT2D eigenvalue weighted by molar-refractivity contribution is 5.80. The van der Waals surface area contributed by atoms with Crippen LogP contribution in [0, 0.1) is 0 Å². The summed E-state index contributed by atoms with van der Waals surface area (Å²) < 4.78 is 7.08. The number of hydrogen-bond donors (Lipinski definition) is 1. The van der Waals surface area contributed by atoms with Gasteiger partial charge in [0.2, 0.25) is 5.82 Å². The molecule has 0 fully saturated rings. The molecule has 8 heteroatoms. The molecule has 0 amide bonds. The van der Waals surface area contributed by atoms with Crippen LogP contribution in [0.1, 0.15) is 5.56 Å². The summed E-state index contributed by atoms with van der Waals surface area (Å²) in [6, 6.07) is 15.8. The molecule has 0 unspecified atom stereocenters. The molecule has 1 N–H and O–H groups in total. The van der Waals surface area contributed by atoms with Gasteiger partial charge in [0.05, 0.1) is 30.1 Å². The second kappa shape index (κ2) is 6.92. The van der Waals surface area contributed by atoms with E-state index < -0.39 is 0 Å². The lowest BCUT2D eigenvalue weighted by Gasteiger charge is -1.93. The number of aromatic nitrogens is 7. The summed E-state index contributed by atoms with van der Waals surface area (Å²) in [5, 5.41) is 12.3. The molecule has 3 aromatic heterocycles. The second-order valence-corrected chi connectivity index (χ2v) is 6.20. The van der Waals surface area contributed by atoms with Gasteiger partial charge in [-0.05, 0) is 23.8 Å². The van der Waals surface area contributed by atoms with Gasteiger partial charge >= 0.3 is 0 Å². The average molecular weight is 369 g/mol. The first kappa shape index (κ1) is 16.1. The summed E-state index contributed by atoms with van der Waals surface area (Å²) in [6.45, 7) is 0.597. The maximum Gasteiger partial charge on any atom is 0.280 e. The van der Waals surface area contributed by atoms with E-state index in [1.807, 2.05) is 60.7 Å². The number of nitrogens with one attached hydrogen (secondary N) is 1. The molecule has 5 rings (SSSR count). The molecule has 136 valence electrons. The van der Waals surface area contributed by atoms with E-state index in [4.69, 9.17) is 4.52 Å². The lowest BCUT2D eigenvalue weighted by Crippen LogP contribution is -1.95. The fourth-order valence-corrected chi connectivity index (χ4v) is 2.87. The normalized spacial score (nSPS) is 11.6. The highest BCUT2D eigenvalue weighted by Gasteiger charge is 2.14. The molecule has 0 saturated carbocycles. The predicted octanol–water partition coefficient (Wildman–Crippen LogP) is 3.58. The van der Waals surface area contributed by atoms with Gasteiger partial charge in [0.15, 0.2) is 5.69 Å². The van der Waals surface area contributed by atoms with Crippen LogP contribution in [-0.4, -0.2) is 35.1 Å². The molecule has 2 aromatic carbocycles. The van der Waals surface area contributed by atoms with Gasteiger partial charge in [-0.1, -0.05) is 52.9 Å². The van der Waals surface area contributed by atoms with Gasteiger partial charge in [0.25, 0.3) is 5.89 Å². The van der Waals surface area contributed by atoms with Gasteiger partial charge in [-0.25, -0.2) is 9.67 Å². The van der Waals surface area contributed by atoms with Crippen molar-refractivity contribution in [1.82, 2.24) is 35.1 Å². The maximum atomic E-state index is 5.36. The van der Waals surface area contributed by atoms with E-state index in [-0.39, 0.29) is 0 Å². The monoisotopic (exact) mass is 369 g/mol. The Kier molecular flexibility index (Phi) is 3.98. The van der Waals surface area contributed by atoms with E-state index in [9.17, 15) is 0 Å². The highest BCUT2D eigenvalue weighted by Crippen LogP contribution is 2.23. The number of benzene rings is 2. The topological polar surface area (TPSA) is 98.3 Å². The van der Waals surface area contributed by atoms with E-state index in [0.717, 1.165) is 22.2 Å². The number of fused-ring (bicyclic) bond motifs is 1. The number of rotatable bonds is 5. The molecule has 0 saturated heterocycles. The van der Waals surface area contributed by atoms with Crippen molar-refractivity contribution in [3.8, 4) is 23.0 Å². The smallest absolute Gasteiger partial charge is 0.280 e. The number of hydrogen-bond acceptors (Lipinski definition) is 6. The number of aromatic amines is 1. The van der Waals surface area contributed by atoms with Crippen LogP contribution in [0.25, 0.3) is 40.1 Å². The maximum absolute atomic E-state index is 5.36. The van der Waals surface area contributed by atoms with E-state index in [2.05, 4.69) is 30.4 Å². The largest absolute Gasteiger partial charge is 0.345 e. The van der Waals surface area contributed by atoms with Gasteiger partial charge in [0, 0.05) is 5.56 Å². The number of nitrogens with zero attached hydrogens (tertiary/aromatic N) is 6. The van der Waals surface area contributed by atoms with Gasteiger partial charge in [-0.15, -0.1) is 5.10 Å². The molecule has 0 radical (unpaired) electrons. The predicted molar refractivity (Wildman–Crippen MR) is 104 cm³/mol. The number of H-pyrrole nitrogens is 1. The van der Waals surface area contributed by atoms with Gasteiger partial charge in [-0.2, -0.15) is 4.98 Å². The van der Waals surface area contributed by atoms with Crippen molar-refractivity contribution in [3.05, 3.63) is 72.7 Å². The average Bonchev–Trinajstić information content (AvgIpc) is 3.48. The van der Waals surface area contributed by atoms with Crippen LogP contribution < -0.4 is 0 Å². The minimum atomic E-state index is 0.331. The third-order valence-electron chi connectivity index (χ3n) is 4.26. The van der Waals surface area contributed by atoms with E-state index in [0.29, 0.717) is 24.0 Å². The zero-order valence-electron chi connectivity index (χ0n) is 14.7. The summed E-state index contributed by atoms with van der Waals surface area (Å²) in [6.07, 6.45) is 7.50. The first-order chi connectivity index (χ1) is 13.8. The van der Waals surface area contributed by atoms with Crippen molar-refractivity contribution in [3.63, 3.8) is 0 Å². The van der Waals surface area contributed by atoms with Gasteiger partial charge in [-0.3, -0.25) is 0 Å². The van der Waals surface area contributed by atoms with Gasteiger partial charge < -0.3 is 9.51 Å². The Labute approximate surface area is 159 Å². The van der Waals surface area contributed by atoms with Crippen LogP contribution >= 0.6 is 0 Å². The molecular weight excluding hydrogens is 354 g/mol. The van der Waals surface area contributed by atoms with Crippen LogP contribution in [0.2, 0.25) is 0 Å². The van der Waals surface area contributed by atoms with E-state index in [1.165, 1.54) is 0 Å². The molecule has 0 aliphatic heterocycles. The molecule has 3 heterocycles. The van der Waals surface area contributed by atoms with Gasteiger partial charge in [0.1, 0.15) is 0 Å². The van der Waals surface area contributed by atoms with E-state index in [1.54, 1.807) is 17.2 Å². The summed E-state index contributed by atoms with van der Waals surface area (Å²) in [5.74, 6) is 0.822. The van der Waals surface area contributed by atoms with Crippen LogP contribution in [0.4, 0.5) is 0 Å². The zero-order chi connectivity index (χ0) is 18.8. The highest BCUT2D eigenvalue weighted by atomic mass is 16.5. The Hall–Kier alpha value is -4.07. The first-order valence-corrected chi connectivity index (χ1v) is 8.74. The number of imidazole rings is 1. The lowest BCUT2D eigenvalue weighted by molar-refractivity contribution is 0.431. The molecule has 8 nitrogen and oxygen atoms in total. The van der Waals surface area contributed by atoms with Crippen LogP contribution in [-0.2, 0) is 6.54 Å².